The van der Waals surface area contributed by atoms with E-state index < -0.39 is 0 Å². The first kappa shape index (κ1) is 19.2. The number of methoxy groups -OCH3 is 1. The zero-order valence-corrected chi connectivity index (χ0v) is 15.9. The van der Waals surface area contributed by atoms with Crippen LogP contribution >= 0.6 is 0 Å². The number of urea groups is 1. The lowest BCUT2D eigenvalue weighted by Crippen LogP contribution is -2.48. The van der Waals surface area contributed by atoms with Gasteiger partial charge in [-0.1, -0.05) is 18.2 Å². The Morgan fingerprint density at radius 2 is 1.93 bits per heavy atom. The number of nitrogens with zero attached hydrogens (tertiary/aromatic N) is 2. The molecule has 2 N–H and O–H groups in total. The second kappa shape index (κ2) is 9.92. The molecule has 0 radical (unpaired) electrons. The van der Waals surface area contributed by atoms with Crippen LogP contribution in [0.5, 0.6) is 5.75 Å². The standard InChI is InChI=1S/C21H28N4O2/c1-27-20-5-3-2-4-18(20)8-13-23-21(26)24-19-9-14-25(15-10-19)16-17-6-11-22-12-7-17/h2-7,11-12,19H,8-10,13-16H2,1H3,(H2,23,24,26). The summed E-state index contributed by atoms with van der Waals surface area (Å²) >= 11 is 0. The van der Waals surface area contributed by atoms with Gasteiger partial charge >= 0.3 is 6.03 Å². The van der Waals surface area contributed by atoms with Gasteiger partial charge in [-0.3, -0.25) is 9.88 Å². The Kier molecular flexibility index (Phi) is 7.04. The Bertz CT molecular complexity index is 715. The van der Waals surface area contributed by atoms with Gasteiger partial charge in [0.15, 0.2) is 0 Å². The van der Waals surface area contributed by atoms with Gasteiger partial charge in [-0.05, 0) is 48.6 Å². The van der Waals surface area contributed by atoms with Crippen LogP contribution in [0, 0.1) is 0 Å². The number of likely N-dealkylation sites (tertiary alicyclic amines) is 1. The summed E-state index contributed by atoms with van der Waals surface area (Å²) in [7, 11) is 1.67. The van der Waals surface area contributed by atoms with Crippen molar-refractivity contribution < 1.29 is 9.53 Å². The fraction of sp³-hybridized carbons (Fsp3) is 0.429. The molecule has 0 atom stereocenters. The van der Waals surface area contributed by atoms with Crippen LogP contribution in [0.2, 0.25) is 0 Å². The maximum Gasteiger partial charge on any atom is 0.315 e. The van der Waals surface area contributed by atoms with Crippen molar-refractivity contribution in [1.29, 1.82) is 0 Å². The van der Waals surface area contributed by atoms with E-state index in [1.54, 1.807) is 7.11 Å². The van der Waals surface area contributed by atoms with E-state index in [4.69, 9.17) is 4.74 Å². The minimum absolute atomic E-state index is 0.0857. The number of rotatable bonds is 7. The van der Waals surface area contributed by atoms with Crippen LogP contribution in [0.15, 0.2) is 48.8 Å². The first-order valence-corrected chi connectivity index (χ1v) is 9.52. The fourth-order valence-corrected chi connectivity index (χ4v) is 3.44. The van der Waals surface area contributed by atoms with Crippen molar-refractivity contribution in [3.05, 3.63) is 59.9 Å². The SMILES string of the molecule is COc1ccccc1CCNC(=O)NC1CCN(Cc2ccncc2)CC1. The lowest BCUT2D eigenvalue weighted by atomic mass is 10.0. The molecule has 2 aromatic rings. The Hall–Kier alpha value is -2.60. The molecule has 0 bridgehead atoms. The molecule has 1 aliphatic heterocycles. The lowest BCUT2D eigenvalue weighted by Gasteiger charge is -2.32. The Morgan fingerprint density at radius 3 is 2.67 bits per heavy atom. The van der Waals surface area contributed by atoms with Crippen LogP contribution in [-0.2, 0) is 13.0 Å². The third-order valence-corrected chi connectivity index (χ3v) is 4.95. The highest BCUT2D eigenvalue weighted by atomic mass is 16.5. The third-order valence-electron chi connectivity index (χ3n) is 4.95. The molecule has 1 fully saturated rings. The number of pyridine rings is 1. The number of nitrogens with one attached hydrogen (secondary N) is 2. The summed E-state index contributed by atoms with van der Waals surface area (Å²) < 4.78 is 5.34. The van der Waals surface area contributed by atoms with Gasteiger partial charge in [0.1, 0.15) is 5.75 Å². The monoisotopic (exact) mass is 368 g/mol. The van der Waals surface area contributed by atoms with Crippen molar-refractivity contribution in [3.8, 4) is 5.75 Å². The Morgan fingerprint density at radius 1 is 1.19 bits per heavy atom. The van der Waals surface area contributed by atoms with E-state index in [0.717, 1.165) is 50.2 Å². The molecule has 1 aromatic heterocycles. The molecule has 6 nitrogen and oxygen atoms in total. The predicted octanol–water partition coefficient (Wildman–Crippen LogP) is 2.60. The number of aromatic nitrogens is 1. The average molecular weight is 368 g/mol. The number of para-hydroxylation sites is 1. The van der Waals surface area contributed by atoms with Crippen LogP contribution in [0.1, 0.15) is 24.0 Å². The van der Waals surface area contributed by atoms with Crippen molar-refractivity contribution >= 4 is 6.03 Å². The summed E-state index contributed by atoms with van der Waals surface area (Å²) in [5, 5.41) is 6.05. The molecular formula is C21H28N4O2. The van der Waals surface area contributed by atoms with E-state index >= 15 is 0 Å². The molecule has 2 amide bonds. The number of carbonyl (C=O) groups excluding carboxylic acids is 1. The van der Waals surface area contributed by atoms with Crippen molar-refractivity contribution in [2.45, 2.75) is 31.8 Å². The molecule has 0 unspecified atom stereocenters. The minimum atomic E-state index is -0.0857. The fourth-order valence-electron chi connectivity index (χ4n) is 3.44. The number of benzene rings is 1. The van der Waals surface area contributed by atoms with Crippen molar-refractivity contribution in [2.24, 2.45) is 0 Å². The van der Waals surface area contributed by atoms with Crippen LogP contribution in [0.25, 0.3) is 0 Å². The number of carbonyl (C=O) groups is 1. The van der Waals surface area contributed by atoms with E-state index in [9.17, 15) is 4.79 Å². The summed E-state index contributed by atoms with van der Waals surface area (Å²) in [6, 6.07) is 12.2. The molecule has 3 rings (SSSR count). The summed E-state index contributed by atoms with van der Waals surface area (Å²) in [6.07, 6.45) is 6.37. The first-order chi connectivity index (χ1) is 13.2. The van der Waals surface area contributed by atoms with Crippen molar-refractivity contribution in [2.75, 3.05) is 26.7 Å². The second-order valence-electron chi connectivity index (χ2n) is 6.87. The molecule has 1 aromatic carbocycles. The van der Waals surface area contributed by atoms with E-state index in [1.807, 2.05) is 36.7 Å². The molecule has 0 aliphatic carbocycles. The van der Waals surface area contributed by atoms with Crippen LogP contribution in [-0.4, -0.2) is 48.7 Å². The maximum absolute atomic E-state index is 12.2. The van der Waals surface area contributed by atoms with Gasteiger partial charge in [-0.25, -0.2) is 4.79 Å². The molecule has 144 valence electrons. The highest BCUT2D eigenvalue weighted by Gasteiger charge is 2.20. The summed E-state index contributed by atoms with van der Waals surface area (Å²) in [5.41, 5.74) is 2.38. The first-order valence-electron chi connectivity index (χ1n) is 9.52. The molecule has 0 spiro atoms. The highest BCUT2D eigenvalue weighted by molar-refractivity contribution is 5.74. The van der Waals surface area contributed by atoms with Gasteiger partial charge in [0.25, 0.3) is 0 Å². The second-order valence-corrected chi connectivity index (χ2v) is 6.87. The largest absolute Gasteiger partial charge is 0.496 e. The Balaban J connectivity index is 1.34. The highest BCUT2D eigenvalue weighted by Crippen LogP contribution is 2.17. The van der Waals surface area contributed by atoms with Gasteiger partial charge in [0.05, 0.1) is 7.11 Å². The number of amides is 2. The molecular weight excluding hydrogens is 340 g/mol. The normalized spacial score (nSPS) is 15.3. The maximum atomic E-state index is 12.2. The summed E-state index contributed by atoms with van der Waals surface area (Å²) in [5.74, 6) is 0.862. The summed E-state index contributed by atoms with van der Waals surface area (Å²) in [4.78, 5) is 18.6. The number of ether oxygens (including phenoxy) is 1. The van der Waals surface area contributed by atoms with Gasteiger partial charge in [-0.2, -0.15) is 0 Å². The molecule has 1 aliphatic rings. The van der Waals surface area contributed by atoms with Crippen LogP contribution < -0.4 is 15.4 Å². The van der Waals surface area contributed by atoms with E-state index in [1.165, 1.54) is 5.56 Å². The topological polar surface area (TPSA) is 66.5 Å². The quantitative estimate of drug-likeness (QED) is 0.788. The molecule has 27 heavy (non-hydrogen) atoms. The molecule has 6 heteroatoms. The molecule has 2 heterocycles. The van der Waals surface area contributed by atoms with Crippen molar-refractivity contribution in [1.82, 2.24) is 20.5 Å². The van der Waals surface area contributed by atoms with Gasteiger partial charge in [0.2, 0.25) is 0 Å². The van der Waals surface area contributed by atoms with Gasteiger partial charge in [-0.15, -0.1) is 0 Å². The van der Waals surface area contributed by atoms with Crippen LogP contribution in [0.4, 0.5) is 4.79 Å². The van der Waals surface area contributed by atoms with E-state index in [-0.39, 0.29) is 12.1 Å². The smallest absolute Gasteiger partial charge is 0.315 e. The van der Waals surface area contributed by atoms with E-state index in [0.29, 0.717) is 6.54 Å². The zero-order chi connectivity index (χ0) is 18.9. The zero-order valence-electron chi connectivity index (χ0n) is 15.9. The van der Waals surface area contributed by atoms with Gasteiger partial charge in [0, 0.05) is 44.6 Å². The van der Waals surface area contributed by atoms with E-state index in [2.05, 4.69) is 32.7 Å². The Labute approximate surface area is 160 Å². The molecule has 1 saturated heterocycles. The number of hydrogen-bond acceptors (Lipinski definition) is 4. The minimum Gasteiger partial charge on any atom is -0.496 e. The molecule has 0 saturated carbocycles. The lowest BCUT2D eigenvalue weighted by molar-refractivity contribution is 0.186. The number of hydrogen-bond donors (Lipinski definition) is 2. The average Bonchev–Trinajstić information content (AvgIpc) is 2.71. The predicted molar refractivity (Wildman–Crippen MR) is 106 cm³/mol. The van der Waals surface area contributed by atoms with Crippen LogP contribution in [0.3, 0.4) is 0 Å². The third kappa shape index (κ3) is 5.96. The van der Waals surface area contributed by atoms with Gasteiger partial charge < -0.3 is 15.4 Å². The summed E-state index contributed by atoms with van der Waals surface area (Å²) in [6.45, 7) is 3.52. The van der Waals surface area contributed by atoms with Crippen molar-refractivity contribution in [3.63, 3.8) is 0 Å². The number of piperidine rings is 1.